The van der Waals surface area contributed by atoms with Gasteiger partial charge in [0.05, 0.1) is 6.10 Å². The Balaban J connectivity index is 1.84. The predicted molar refractivity (Wildman–Crippen MR) is 63.0 cm³/mol. The van der Waals surface area contributed by atoms with Gasteiger partial charge in [-0.1, -0.05) is 12.8 Å². The van der Waals surface area contributed by atoms with Crippen molar-refractivity contribution in [2.75, 3.05) is 20.2 Å². The Morgan fingerprint density at radius 1 is 1.00 bits per heavy atom. The molecular formula is C13H25NO. The fourth-order valence-electron chi connectivity index (χ4n) is 3.27. The van der Waals surface area contributed by atoms with Gasteiger partial charge in [0, 0.05) is 7.11 Å². The van der Waals surface area contributed by atoms with Crippen LogP contribution in [-0.4, -0.2) is 26.3 Å². The summed E-state index contributed by atoms with van der Waals surface area (Å²) in [6.07, 6.45) is 10.2. The largest absolute Gasteiger partial charge is 0.381 e. The van der Waals surface area contributed by atoms with E-state index in [0.29, 0.717) is 6.10 Å². The van der Waals surface area contributed by atoms with E-state index in [0.717, 1.165) is 11.8 Å². The summed E-state index contributed by atoms with van der Waals surface area (Å²) in [5, 5.41) is 3.59. The van der Waals surface area contributed by atoms with Crippen molar-refractivity contribution in [1.82, 2.24) is 5.32 Å². The molecule has 0 radical (unpaired) electrons. The van der Waals surface area contributed by atoms with E-state index in [2.05, 4.69) is 5.32 Å². The van der Waals surface area contributed by atoms with Crippen LogP contribution in [0.15, 0.2) is 0 Å². The highest BCUT2D eigenvalue weighted by molar-refractivity contribution is 4.81. The Kier molecular flexibility index (Phi) is 4.45. The average Bonchev–Trinajstić information content (AvgIpc) is 2.58. The third-order valence-electron chi connectivity index (χ3n) is 4.25. The first kappa shape index (κ1) is 11.4. The molecule has 15 heavy (non-hydrogen) atoms. The minimum absolute atomic E-state index is 0.548. The molecule has 1 saturated heterocycles. The first-order valence-electron chi connectivity index (χ1n) is 6.63. The van der Waals surface area contributed by atoms with Crippen molar-refractivity contribution in [1.29, 1.82) is 0 Å². The molecule has 0 amide bonds. The first-order valence-corrected chi connectivity index (χ1v) is 6.63. The van der Waals surface area contributed by atoms with E-state index in [-0.39, 0.29) is 0 Å². The summed E-state index contributed by atoms with van der Waals surface area (Å²) in [7, 11) is 1.87. The third-order valence-corrected chi connectivity index (χ3v) is 4.25. The standard InChI is InChI=1S/C13H25NO/c1-15-13-7-4-6-11(9-13)12-5-2-3-8-14-10-12/h11-14H,2-10H2,1H3. The maximum Gasteiger partial charge on any atom is 0.0574 e. The zero-order valence-corrected chi connectivity index (χ0v) is 10.0. The van der Waals surface area contributed by atoms with E-state index in [1.54, 1.807) is 0 Å². The van der Waals surface area contributed by atoms with E-state index in [1.165, 1.54) is 58.0 Å². The number of methoxy groups -OCH3 is 1. The van der Waals surface area contributed by atoms with Gasteiger partial charge in [0.1, 0.15) is 0 Å². The highest BCUT2D eigenvalue weighted by Crippen LogP contribution is 2.34. The Bertz CT molecular complexity index is 175. The monoisotopic (exact) mass is 211 g/mol. The fourth-order valence-corrected chi connectivity index (χ4v) is 3.27. The summed E-state index contributed by atoms with van der Waals surface area (Å²) < 4.78 is 5.52. The van der Waals surface area contributed by atoms with E-state index in [1.807, 2.05) is 7.11 Å². The molecule has 2 nitrogen and oxygen atoms in total. The minimum atomic E-state index is 0.548. The SMILES string of the molecule is COC1CCCC(C2CCCCNC2)C1. The van der Waals surface area contributed by atoms with Gasteiger partial charge in [-0.05, 0) is 57.0 Å². The molecule has 2 rings (SSSR count). The van der Waals surface area contributed by atoms with Gasteiger partial charge in [-0.2, -0.15) is 0 Å². The van der Waals surface area contributed by atoms with Gasteiger partial charge in [0.15, 0.2) is 0 Å². The third kappa shape index (κ3) is 3.18. The van der Waals surface area contributed by atoms with Gasteiger partial charge in [-0.25, -0.2) is 0 Å². The van der Waals surface area contributed by atoms with Crippen LogP contribution in [0, 0.1) is 11.8 Å². The van der Waals surface area contributed by atoms with Crippen molar-refractivity contribution in [2.45, 2.75) is 51.0 Å². The van der Waals surface area contributed by atoms with Crippen LogP contribution in [-0.2, 0) is 4.74 Å². The fraction of sp³-hybridized carbons (Fsp3) is 1.00. The van der Waals surface area contributed by atoms with Gasteiger partial charge in [-0.15, -0.1) is 0 Å². The summed E-state index contributed by atoms with van der Waals surface area (Å²) in [4.78, 5) is 0. The molecule has 1 aliphatic carbocycles. The molecular weight excluding hydrogens is 186 g/mol. The van der Waals surface area contributed by atoms with Gasteiger partial charge < -0.3 is 10.1 Å². The minimum Gasteiger partial charge on any atom is -0.381 e. The highest BCUT2D eigenvalue weighted by Gasteiger charge is 2.28. The van der Waals surface area contributed by atoms with Crippen molar-refractivity contribution in [3.63, 3.8) is 0 Å². The van der Waals surface area contributed by atoms with E-state index in [4.69, 9.17) is 4.74 Å². The van der Waals surface area contributed by atoms with Crippen molar-refractivity contribution < 1.29 is 4.74 Å². The Hall–Kier alpha value is -0.0800. The zero-order chi connectivity index (χ0) is 10.5. The molecule has 1 N–H and O–H groups in total. The number of hydrogen-bond donors (Lipinski definition) is 1. The van der Waals surface area contributed by atoms with Gasteiger partial charge >= 0.3 is 0 Å². The summed E-state index contributed by atoms with van der Waals surface area (Å²) in [5.74, 6) is 1.85. The lowest BCUT2D eigenvalue weighted by molar-refractivity contribution is 0.0362. The quantitative estimate of drug-likeness (QED) is 0.758. The maximum absolute atomic E-state index is 5.52. The second kappa shape index (κ2) is 5.86. The predicted octanol–water partition coefficient (Wildman–Crippen LogP) is 2.58. The lowest BCUT2D eigenvalue weighted by atomic mass is 9.77. The van der Waals surface area contributed by atoms with Crippen molar-refractivity contribution in [2.24, 2.45) is 11.8 Å². The van der Waals surface area contributed by atoms with Crippen molar-refractivity contribution in [3.05, 3.63) is 0 Å². The second-order valence-electron chi connectivity index (χ2n) is 5.24. The molecule has 2 aliphatic rings. The number of nitrogens with one attached hydrogen (secondary N) is 1. The maximum atomic E-state index is 5.52. The molecule has 2 fully saturated rings. The van der Waals surface area contributed by atoms with Crippen LogP contribution in [0.5, 0.6) is 0 Å². The van der Waals surface area contributed by atoms with Crippen LogP contribution < -0.4 is 5.32 Å². The Labute approximate surface area is 93.8 Å². The van der Waals surface area contributed by atoms with Gasteiger partial charge in [0.2, 0.25) is 0 Å². The molecule has 0 spiro atoms. The average molecular weight is 211 g/mol. The van der Waals surface area contributed by atoms with Gasteiger partial charge in [0.25, 0.3) is 0 Å². The molecule has 0 bridgehead atoms. The number of hydrogen-bond acceptors (Lipinski definition) is 2. The molecule has 2 heteroatoms. The summed E-state index contributed by atoms with van der Waals surface area (Å²) in [5.41, 5.74) is 0. The van der Waals surface area contributed by atoms with Crippen LogP contribution in [0.25, 0.3) is 0 Å². The Morgan fingerprint density at radius 3 is 2.73 bits per heavy atom. The van der Waals surface area contributed by atoms with Crippen molar-refractivity contribution in [3.8, 4) is 0 Å². The van der Waals surface area contributed by atoms with E-state index >= 15 is 0 Å². The molecule has 0 aromatic rings. The van der Waals surface area contributed by atoms with Crippen LogP contribution in [0.2, 0.25) is 0 Å². The molecule has 1 heterocycles. The molecule has 1 saturated carbocycles. The van der Waals surface area contributed by atoms with Crippen LogP contribution in [0.4, 0.5) is 0 Å². The number of ether oxygens (including phenoxy) is 1. The summed E-state index contributed by atoms with van der Waals surface area (Å²) in [6, 6.07) is 0. The zero-order valence-electron chi connectivity index (χ0n) is 10.0. The first-order chi connectivity index (χ1) is 7.40. The molecule has 0 aromatic heterocycles. The highest BCUT2D eigenvalue weighted by atomic mass is 16.5. The molecule has 88 valence electrons. The second-order valence-corrected chi connectivity index (χ2v) is 5.24. The van der Waals surface area contributed by atoms with Gasteiger partial charge in [-0.3, -0.25) is 0 Å². The molecule has 3 unspecified atom stereocenters. The number of rotatable bonds is 2. The summed E-state index contributed by atoms with van der Waals surface area (Å²) >= 11 is 0. The van der Waals surface area contributed by atoms with Crippen LogP contribution in [0.3, 0.4) is 0 Å². The normalized spacial score (nSPS) is 38.6. The lowest BCUT2D eigenvalue weighted by Crippen LogP contribution is -2.32. The Morgan fingerprint density at radius 2 is 1.87 bits per heavy atom. The lowest BCUT2D eigenvalue weighted by Gasteiger charge is -2.33. The van der Waals surface area contributed by atoms with Crippen molar-refractivity contribution >= 4 is 0 Å². The molecule has 0 aromatic carbocycles. The smallest absolute Gasteiger partial charge is 0.0574 e. The van der Waals surface area contributed by atoms with Crippen LogP contribution in [0.1, 0.15) is 44.9 Å². The molecule has 3 atom stereocenters. The van der Waals surface area contributed by atoms with E-state index < -0.39 is 0 Å². The summed E-state index contributed by atoms with van der Waals surface area (Å²) in [6.45, 7) is 2.48. The van der Waals surface area contributed by atoms with E-state index in [9.17, 15) is 0 Å². The molecule has 1 aliphatic heterocycles. The van der Waals surface area contributed by atoms with Crippen LogP contribution >= 0.6 is 0 Å². The topological polar surface area (TPSA) is 21.3 Å².